The zero-order valence-electron chi connectivity index (χ0n) is 19.4. The van der Waals surface area contributed by atoms with E-state index in [9.17, 15) is 40.6 Å². The summed E-state index contributed by atoms with van der Waals surface area (Å²) in [7, 11) is 1.18. The van der Waals surface area contributed by atoms with Gasteiger partial charge in [-0.2, -0.15) is 31.4 Å². The van der Waals surface area contributed by atoms with Gasteiger partial charge in [0.2, 0.25) is 5.88 Å². The number of amides is 1. The third kappa shape index (κ3) is 5.28. The van der Waals surface area contributed by atoms with Gasteiger partial charge in [-0.25, -0.2) is 18.9 Å². The highest BCUT2D eigenvalue weighted by Crippen LogP contribution is 2.39. The number of nitrogen functional groups attached to an aromatic ring is 1. The summed E-state index contributed by atoms with van der Waals surface area (Å²) >= 11 is 0. The fourth-order valence-corrected chi connectivity index (χ4v) is 4.13. The number of aliphatic hydroxyl groups excluding tert-OH is 1. The van der Waals surface area contributed by atoms with Gasteiger partial charge < -0.3 is 20.9 Å². The van der Waals surface area contributed by atoms with E-state index in [1.165, 1.54) is 7.11 Å². The topological polar surface area (TPSA) is 131 Å². The zero-order chi connectivity index (χ0) is 28.0. The normalized spacial score (nSPS) is 19.6. The lowest BCUT2D eigenvalue weighted by Crippen LogP contribution is -2.43. The maximum absolute atomic E-state index is 14.5. The number of alkyl halides is 7. The Kier molecular flexibility index (Phi) is 7.09. The first-order valence-electron chi connectivity index (χ1n) is 10.9. The molecule has 4 N–H and O–H groups in total. The lowest BCUT2D eigenvalue weighted by Gasteiger charge is -2.21. The molecule has 1 aliphatic rings. The molecule has 0 aliphatic carbocycles. The standard InChI is InChI=1S/C21H20F7N7O3/c1-38-19-10(18(37)33-13-6-34(5-12(13)22)7-15(36)21(26,27)28)2-9(4-30-19)14-3-11(20(23,24)25)16-17(29)31-8-32-35(14)16/h2-4,8,12-13,15,36H,5-7H2,1H3,(H,33,37)(H2,29,31,32)/t12-,13-,15?/m0/s1. The molecular formula is C21H20F7N7O3. The van der Waals surface area contributed by atoms with Gasteiger partial charge in [0.25, 0.3) is 5.91 Å². The van der Waals surface area contributed by atoms with Crippen LogP contribution in [0.25, 0.3) is 16.8 Å². The quantitative estimate of drug-likeness (QED) is 0.397. The van der Waals surface area contributed by atoms with Gasteiger partial charge in [-0.3, -0.25) is 9.69 Å². The van der Waals surface area contributed by atoms with E-state index in [4.69, 9.17) is 10.5 Å². The van der Waals surface area contributed by atoms with Crippen molar-refractivity contribution in [3.63, 3.8) is 0 Å². The number of hydrogen-bond donors (Lipinski definition) is 3. The number of halogens is 7. The molecule has 38 heavy (non-hydrogen) atoms. The van der Waals surface area contributed by atoms with Gasteiger partial charge in [-0.15, -0.1) is 0 Å². The van der Waals surface area contributed by atoms with Crippen LogP contribution in [0.2, 0.25) is 0 Å². The van der Waals surface area contributed by atoms with E-state index in [1.54, 1.807) is 0 Å². The summed E-state index contributed by atoms with van der Waals surface area (Å²) in [5, 5.41) is 15.4. The second kappa shape index (κ2) is 9.86. The number of aliphatic hydroxyl groups is 1. The number of likely N-dealkylation sites (tertiary alicyclic amines) is 1. The Hall–Kier alpha value is -3.73. The van der Waals surface area contributed by atoms with Crippen molar-refractivity contribution in [2.75, 3.05) is 32.5 Å². The minimum atomic E-state index is -4.89. The SMILES string of the molecule is COc1ncc(-c2cc(C(F)(F)F)c3c(N)ncnn23)cc1C(=O)N[C@H]1CN(CC(O)C(F)(F)F)C[C@@H]1F. The summed E-state index contributed by atoms with van der Waals surface area (Å²) in [6, 6.07) is 0.661. The number of ether oxygens (including phenoxy) is 1. The van der Waals surface area contributed by atoms with Crippen LogP contribution in [0.5, 0.6) is 5.88 Å². The number of β-amino-alcohol motifs (C(OH)–C–C–N with tert-alkyl or cyclic N) is 1. The molecule has 4 heterocycles. The Morgan fingerprint density at radius 3 is 2.58 bits per heavy atom. The second-order valence-corrected chi connectivity index (χ2v) is 8.50. The van der Waals surface area contributed by atoms with Crippen LogP contribution in [0.4, 0.5) is 36.6 Å². The minimum absolute atomic E-state index is 0.00213. The second-order valence-electron chi connectivity index (χ2n) is 8.50. The lowest BCUT2D eigenvalue weighted by atomic mass is 10.1. The first-order valence-corrected chi connectivity index (χ1v) is 10.9. The summed E-state index contributed by atoms with van der Waals surface area (Å²) in [5.41, 5.74) is 3.59. The number of fused-ring (bicyclic) bond motifs is 1. The summed E-state index contributed by atoms with van der Waals surface area (Å²) in [6.45, 7) is -1.68. The van der Waals surface area contributed by atoms with Crippen molar-refractivity contribution in [3.05, 3.63) is 35.8 Å². The van der Waals surface area contributed by atoms with E-state index in [-0.39, 0.29) is 29.2 Å². The first kappa shape index (κ1) is 27.3. The fraction of sp³-hybridized carbons (Fsp3) is 0.429. The largest absolute Gasteiger partial charge is 0.480 e. The van der Waals surface area contributed by atoms with E-state index < -0.39 is 66.6 Å². The van der Waals surface area contributed by atoms with Crippen LogP contribution >= 0.6 is 0 Å². The van der Waals surface area contributed by atoms with E-state index in [1.807, 2.05) is 0 Å². The van der Waals surface area contributed by atoms with E-state index >= 15 is 0 Å². The van der Waals surface area contributed by atoms with Crippen molar-refractivity contribution in [1.29, 1.82) is 0 Å². The molecule has 206 valence electrons. The number of carbonyl (C=O) groups excluding carboxylic acids is 1. The molecule has 1 amide bonds. The van der Waals surface area contributed by atoms with Gasteiger partial charge in [0.05, 0.1) is 24.4 Å². The maximum atomic E-state index is 14.5. The number of anilines is 1. The number of carbonyl (C=O) groups is 1. The average molecular weight is 551 g/mol. The van der Waals surface area contributed by atoms with Crippen molar-refractivity contribution in [1.82, 2.24) is 29.8 Å². The van der Waals surface area contributed by atoms with Crippen molar-refractivity contribution >= 4 is 17.2 Å². The molecule has 0 radical (unpaired) electrons. The minimum Gasteiger partial charge on any atom is -0.480 e. The molecule has 1 fully saturated rings. The zero-order valence-corrected chi connectivity index (χ0v) is 19.4. The van der Waals surface area contributed by atoms with Crippen LogP contribution in [0.1, 0.15) is 15.9 Å². The van der Waals surface area contributed by atoms with Crippen molar-refractivity contribution in [3.8, 4) is 17.1 Å². The van der Waals surface area contributed by atoms with Crippen molar-refractivity contribution < 1.29 is 45.4 Å². The van der Waals surface area contributed by atoms with Gasteiger partial charge in [0.1, 0.15) is 23.6 Å². The number of nitrogens with one attached hydrogen (secondary N) is 1. The Morgan fingerprint density at radius 1 is 1.24 bits per heavy atom. The molecule has 1 unspecified atom stereocenters. The maximum Gasteiger partial charge on any atom is 0.418 e. The predicted molar refractivity (Wildman–Crippen MR) is 117 cm³/mol. The number of nitrogens with two attached hydrogens (primary N) is 1. The number of aromatic nitrogens is 4. The summed E-state index contributed by atoms with van der Waals surface area (Å²) in [6.07, 6.45) is -12.1. The third-order valence-electron chi connectivity index (χ3n) is 5.92. The predicted octanol–water partition coefficient (Wildman–Crippen LogP) is 2.08. The number of pyridine rings is 1. The van der Waals surface area contributed by atoms with Crippen LogP contribution in [-0.4, -0.2) is 86.7 Å². The number of methoxy groups -OCH3 is 1. The molecular weight excluding hydrogens is 531 g/mol. The Morgan fingerprint density at radius 2 is 1.95 bits per heavy atom. The molecule has 3 aromatic rings. The van der Waals surface area contributed by atoms with Gasteiger partial charge in [0.15, 0.2) is 11.9 Å². The van der Waals surface area contributed by atoms with Gasteiger partial charge in [-0.1, -0.05) is 0 Å². The number of hydrogen-bond acceptors (Lipinski definition) is 8. The van der Waals surface area contributed by atoms with Crippen molar-refractivity contribution in [2.45, 2.75) is 30.7 Å². The van der Waals surface area contributed by atoms with Gasteiger partial charge in [-0.05, 0) is 12.1 Å². The molecule has 1 saturated heterocycles. The van der Waals surface area contributed by atoms with Crippen LogP contribution in [0.15, 0.2) is 24.7 Å². The Labute approximate surface area is 209 Å². The summed E-state index contributed by atoms with van der Waals surface area (Å²) in [5.74, 6) is -1.61. The molecule has 4 rings (SSSR count). The van der Waals surface area contributed by atoms with Crippen LogP contribution in [-0.2, 0) is 6.18 Å². The van der Waals surface area contributed by atoms with E-state index in [2.05, 4.69) is 20.4 Å². The fourth-order valence-electron chi connectivity index (χ4n) is 4.13. The molecule has 3 aromatic heterocycles. The van der Waals surface area contributed by atoms with Crippen LogP contribution < -0.4 is 15.8 Å². The van der Waals surface area contributed by atoms with Gasteiger partial charge >= 0.3 is 12.4 Å². The molecule has 10 nitrogen and oxygen atoms in total. The van der Waals surface area contributed by atoms with E-state index in [0.29, 0.717) is 0 Å². The van der Waals surface area contributed by atoms with Crippen molar-refractivity contribution in [2.24, 2.45) is 0 Å². The molecule has 0 aromatic carbocycles. The summed E-state index contributed by atoms with van der Waals surface area (Å²) < 4.78 is 99.3. The molecule has 0 bridgehead atoms. The molecule has 17 heteroatoms. The molecule has 0 saturated carbocycles. The number of nitrogens with zero attached hydrogens (tertiary/aromatic N) is 5. The van der Waals surface area contributed by atoms with Crippen LogP contribution in [0, 0.1) is 0 Å². The summed E-state index contributed by atoms with van der Waals surface area (Å²) in [4.78, 5) is 21.6. The average Bonchev–Trinajstić information content (AvgIpc) is 3.39. The first-order chi connectivity index (χ1) is 17.7. The highest BCUT2D eigenvalue weighted by atomic mass is 19.4. The van der Waals surface area contributed by atoms with Gasteiger partial charge in [0, 0.05) is 31.4 Å². The third-order valence-corrected chi connectivity index (χ3v) is 5.92. The highest BCUT2D eigenvalue weighted by Gasteiger charge is 2.43. The molecule has 3 atom stereocenters. The molecule has 1 aliphatic heterocycles. The highest BCUT2D eigenvalue weighted by molar-refractivity contribution is 5.98. The van der Waals surface area contributed by atoms with Crippen LogP contribution in [0.3, 0.4) is 0 Å². The number of rotatable bonds is 6. The van der Waals surface area contributed by atoms with E-state index in [0.717, 1.165) is 34.1 Å². The Bertz CT molecular complexity index is 1350. The monoisotopic (exact) mass is 551 g/mol. The lowest BCUT2D eigenvalue weighted by molar-refractivity contribution is -0.207. The molecule has 0 spiro atoms. The Balaban J connectivity index is 1.63. The smallest absolute Gasteiger partial charge is 0.418 e.